The van der Waals surface area contributed by atoms with Crippen molar-refractivity contribution in [2.24, 2.45) is 11.5 Å². The van der Waals surface area contributed by atoms with E-state index in [1.54, 1.807) is 13.0 Å². The fraction of sp³-hybridized carbons (Fsp3) is 0.350. The lowest BCUT2D eigenvalue weighted by Gasteiger charge is -2.14. The highest BCUT2D eigenvalue weighted by atomic mass is 32.2. The summed E-state index contributed by atoms with van der Waals surface area (Å²) in [5.41, 5.74) is 13.0. The summed E-state index contributed by atoms with van der Waals surface area (Å²) >= 11 is 0.765. The third-order valence-electron chi connectivity index (χ3n) is 4.50. The Balaban J connectivity index is 1.92. The molecule has 1 heterocycles. The van der Waals surface area contributed by atoms with E-state index in [-0.39, 0.29) is 17.8 Å². The maximum Gasteiger partial charge on any atom is 0.233 e. The summed E-state index contributed by atoms with van der Waals surface area (Å²) in [5.74, 6) is 1.20. The molecule has 2 unspecified atom stereocenters. The van der Waals surface area contributed by atoms with Gasteiger partial charge in [0.2, 0.25) is 17.8 Å². The van der Waals surface area contributed by atoms with Gasteiger partial charge in [-0.2, -0.15) is 19.3 Å². The van der Waals surface area contributed by atoms with Crippen LogP contribution in [0.4, 0.5) is 23.5 Å². The molecule has 0 spiro atoms. The summed E-state index contributed by atoms with van der Waals surface area (Å²) in [7, 11) is 0. The van der Waals surface area contributed by atoms with Crippen LogP contribution in [-0.2, 0) is 4.33 Å². The zero-order valence-electron chi connectivity index (χ0n) is 18.1. The van der Waals surface area contributed by atoms with Gasteiger partial charge in [-0.3, -0.25) is 0 Å². The number of anilines is 4. The molecule has 2 aromatic carbocycles. The molecule has 9 N–H and O–H groups in total. The van der Waals surface area contributed by atoms with Gasteiger partial charge >= 0.3 is 0 Å². The minimum atomic E-state index is -0.0739. The smallest absolute Gasteiger partial charge is 0.233 e. The maximum absolute atomic E-state index is 10.5. The number of hydrogen-bond acceptors (Lipinski definition) is 12. The van der Waals surface area contributed by atoms with Crippen molar-refractivity contribution in [2.45, 2.75) is 37.8 Å². The summed E-state index contributed by atoms with van der Waals surface area (Å²) in [6, 6.07) is 7.11. The van der Waals surface area contributed by atoms with E-state index in [0.717, 1.165) is 17.4 Å². The van der Waals surface area contributed by atoms with E-state index in [2.05, 4.69) is 35.2 Å². The van der Waals surface area contributed by atoms with Gasteiger partial charge in [0.1, 0.15) is 5.75 Å². The molecule has 0 radical (unpaired) electrons. The van der Waals surface area contributed by atoms with Crippen molar-refractivity contribution in [3.63, 3.8) is 0 Å². The number of phenols is 1. The SMILES string of the molecule is Cc1c(SOO)cc2cc(Nc3nc(NCC(C)N)nc(NCC(C)N)n3)ccc2c1O. The van der Waals surface area contributed by atoms with Crippen molar-refractivity contribution in [3.05, 3.63) is 29.8 Å². The number of hydrogen-bond donors (Lipinski definition) is 7. The molecule has 0 aliphatic carbocycles. The van der Waals surface area contributed by atoms with Crippen LogP contribution >= 0.6 is 12.0 Å². The van der Waals surface area contributed by atoms with E-state index >= 15 is 0 Å². The Morgan fingerprint density at radius 1 is 1.00 bits per heavy atom. The predicted octanol–water partition coefficient (Wildman–Crippen LogP) is 2.80. The van der Waals surface area contributed by atoms with Gasteiger partial charge in [0.15, 0.2) is 0 Å². The number of aromatic nitrogens is 3. The lowest BCUT2D eigenvalue weighted by Crippen LogP contribution is -2.27. The molecule has 11 nitrogen and oxygen atoms in total. The second-order valence-electron chi connectivity index (χ2n) is 7.59. The average molecular weight is 461 g/mol. The second-order valence-corrected chi connectivity index (χ2v) is 8.35. The highest BCUT2D eigenvalue weighted by Crippen LogP contribution is 2.37. The van der Waals surface area contributed by atoms with Crippen molar-refractivity contribution < 1.29 is 14.7 Å². The molecule has 0 amide bonds. The monoisotopic (exact) mass is 460 g/mol. The molecule has 12 heteroatoms. The first-order valence-electron chi connectivity index (χ1n) is 10.0. The number of phenolic OH excluding ortho intramolecular Hbond substituents is 1. The van der Waals surface area contributed by atoms with Crippen LogP contribution in [0, 0.1) is 6.92 Å². The second kappa shape index (κ2) is 10.6. The van der Waals surface area contributed by atoms with Crippen molar-refractivity contribution >= 4 is 46.3 Å². The third-order valence-corrected chi connectivity index (χ3v) is 5.18. The summed E-state index contributed by atoms with van der Waals surface area (Å²) in [6.45, 7) is 6.50. The average Bonchev–Trinajstić information content (AvgIpc) is 2.74. The Kier molecular flexibility index (Phi) is 7.88. The molecule has 0 aliphatic heterocycles. The lowest BCUT2D eigenvalue weighted by molar-refractivity contribution is -0.116. The molecule has 0 saturated carbocycles. The van der Waals surface area contributed by atoms with Gasteiger partial charge in [0, 0.05) is 46.7 Å². The van der Waals surface area contributed by atoms with Crippen LogP contribution in [0.3, 0.4) is 0 Å². The zero-order chi connectivity index (χ0) is 23.3. The first kappa shape index (κ1) is 23.8. The molecule has 3 aromatic rings. The molecule has 32 heavy (non-hydrogen) atoms. The maximum atomic E-state index is 10.5. The number of nitrogens with zero attached hydrogens (tertiary/aromatic N) is 3. The van der Waals surface area contributed by atoms with Crippen molar-refractivity contribution in [1.82, 2.24) is 15.0 Å². The molecule has 0 saturated heterocycles. The van der Waals surface area contributed by atoms with E-state index in [4.69, 9.17) is 16.7 Å². The zero-order valence-corrected chi connectivity index (χ0v) is 18.9. The Morgan fingerprint density at radius 2 is 1.59 bits per heavy atom. The van der Waals surface area contributed by atoms with Crippen LogP contribution < -0.4 is 27.4 Å². The van der Waals surface area contributed by atoms with Gasteiger partial charge in [0.25, 0.3) is 0 Å². The summed E-state index contributed by atoms with van der Waals surface area (Å²) in [5, 5.41) is 30.0. The molecule has 172 valence electrons. The molecule has 2 atom stereocenters. The number of benzene rings is 2. The molecule has 0 aliphatic rings. The normalized spacial score (nSPS) is 13.1. The standard InChI is InChI=1S/C20H28N8O3S/c1-10(21)8-23-18-26-19(24-9-11(2)22)28-20(27-18)25-14-4-5-15-13(6-14)7-16(32-31-30)12(3)17(15)29/h4-7,10-11,29-30H,8-9,21-22H2,1-3H3,(H3,23,24,25,26,27,28). The van der Waals surface area contributed by atoms with Gasteiger partial charge in [-0.05, 0) is 50.4 Å². The van der Waals surface area contributed by atoms with Gasteiger partial charge in [-0.25, -0.2) is 5.26 Å². The first-order chi connectivity index (χ1) is 15.3. The van der Waals surface area contributed by atoms with Crippen molar-refractivity contribution in [3.8, 4) is 5.75 Å². The summed E-state index contributed by atoms with van der Waals surface area (Å²) in [6.07, 6.45) is 0. The Labute approximate surface area is 190 Å². The molecular formula is C20H28N8O3S. The van der Waals surface area contributed by atoms with E-state index in [1.807, 2.05) is 32.0 Å². The topological polar surface area (TPSA) is 176 Å². The molecule has 3 rings (SSSR count). The van der Waals surface area contributed by atoms with Crippen LogP contribution in [0.25, 0.3) is 10.8 Å². The largest absolute Gasteiger partial charge is 0.507 e. The first-order valence-corrected chi connectivity index (χ1v) is 10.8. The number of fused-ring (bicyclic) bond motifs is 1. The third kappa shape index (κ3) is 6.08. The summed E-state index contributed by atoms with van der Waals surface area (Å²) < 4.78 is 4.18. The predicted molar refractivity (Wildman–Crippen MR) is 127 cm³/mol. The minimum Gasteiger partial charge on any atom is -0.507 e. The Morgan fingerprint density at radius 3 is 2.16 bits per heavy atom. The highest BCUT2D eigenvalue weighted by Gasteiger charge is 2.13. The molecular weight excluding hydrogens is 432 g/mol. The van der Waals surface area contributed by atoms with E-state index in [9.17, 15) is 5.11 Å². The van der Waals surface area contributed by atoms with Gasteiger partial charge in [0.05, 0.1) is 12.0 Å². The van der Waals surface area contributed by atoms with Crippen LogP contribution in [0.1, 0.15) is 19.4 Å². The minimum absolute atomic E-state index is 0.0739. The van der Waals surface area contributed by atoms with E-state index in [1.165, 1.54) is 0 Å². The quantitative estimate of drug-likeness (QED) is 0.134. The van der Waals surface area contributed by atoms with Gasteiger partial charge in [-0.1, -0.05) is 0 Å². The van der Waals surface area contributed by atoms with Crippen LogP contribution in [0.5, 0.6) is 5.75 Å². The van der Waals surface area contributed by atoms with Crippen molar-refractivity contribution in [2.75, 3.05) is 29.0 Å². The summed E-state index contributed by atoms with van der Waals surface area (Å²) in [4.78, 5) is 13.8. The number of rotatable bonds is 10. The molecule has 0 fully saturated rings. The molecule has 1 aromatic heterocycles. The number of aromatic hydroxyl groups is 1. The number of nitrogens with two attached hydrogens (primary N) is 2. The van der Waals surface area contributed by atoms with Crippen LogP contribution in [-0.4, -0.2) is 50.5 Å². The molecule has 0 bridgehead atoms. The lowest BCUT2D eigenvalue weighted by atomic mass is 10.1. The fourth-order valence-corrected chi connectivity index (χ4v) is 3.37. The van der Waals surface area contributed by atoms with Crippen LogP contribution in [0.2, 0.25) is 0 Å². The Bertz CT molecular complexity index is 1050. The fourth-order valence-electron chi connectivity index (χ4n) is 2.89. The van der Waals surface area contributed by atoms with Crippen LogP contribution in [0.15, 0.2) is 29.2 Å². The van der Waals surface area contributed by atoms with Gasteiger partial charge in [-0.15, -0.1) is 0 Å². The van der Waals surface area contributed by atoms with Crippen molar-refractivity contribution in [1.29, 1.82) is 0 Å². The van der Waals surface area contributed by atoms with Gasteiger partial charge < -0.3 is 32.5 Å². The van der Waals surface area contributed by atoms with E-state index < -0.39 is 0 Å². The van der Waals surface area contributed by atoms with E-state index in [0.29, 0.717) is 52.5 Å². The Hall–Kier alpha value is -2.90. The highest BCUT2D eigenvalue weighted by molar-refractivity contribution is 7.94. The number of nitrogens with one attached hydrogen (secondary N) is 3.